The third-order valence-electron chi connectivity index (χ3n) is 4.70. The maximum absolute atomic E-state index is 5.63. The number of likely N-dealkylation sites (N-methyl/N-ethyl adjacent to an activating group) is 1. The van der Waals surface area contributed by atoms with Gasteiger partial charge in [-0.25, -0.2) is 0 Å². The highest BCUT2D eigenvalue weighted by molar-refractivity contribution is 5.79. The van der Waals surface area contributed by atoms with Gasteiger partial charge in [-0.2, -0.15) is 0 Å². The zero-order chi connectivity index (χ0) is 15.1. The fourth-order valence-electron chi connectivity index (χ4n) is 3.02. The van der Waals surface area contributed by atoms with Crippen LogP contribution in [0.15, 0.2) is 4.99 Å². The van der Waals surface area contributed by atoms with Crippen molar-refractivity contribution < 1.29 is 9.47 Å². The minimum Gasteiger partial charge on any atom is -0.381 e. The summed E-state index contributed by atoms with van der Waals surface area (Å²) in [5.74, 6) is 0.859. The molecule has 0 aliphatic carbocycles. The van der Waals surface area contributed by atoms with Crippen LogP contribution in [-0.2, 0) is 9.47 Å². The lowest BCUT2D eigenvalue weighted by Gasteiger charge is -2.43. The number of aliphatic imine (C=N–C) groups is 1. The van der Waals surface area contributed by atoms with Gasteiger partial charge < -0.3 is 25.0 Å². The first kappa shape index (κ1) is 16.5. The Hall–Kier alpha value is -0.850. The fourth-order valence-corrected chi connectivity index (χ4v) is 3.02. The molecule has 122 valence electrons. The van der Waals surface area contributed by atoms with Crippen molar-refractivity contribution in [1.29, 1.82) is 0 Å². The Labute approximate surface area is 128 Å². The van der Waals surface area contributed by atoms with Crippen LogP contribution in [0.1, 0.15) is 25.7 Å². The molecule has 6 nitrogen and oxygen atoms in total. The van der Waals surface area contributed by atoms with E-state index in [4.69, 9.17) is 9.47 Å². The molecule has 6 heteroatoms. The number of ether oxygens (including phenoxy) is 2. The van der Waals surface area contributed by atoms with Crippen LogP contribution < -0.4 is 10.6 Å². The zero-order valence-corrected chi connectivity index (χ0v) is 13.7. The van der Waals surface area contributed by atoms with E-state index in [2.05, 4.69) is 34.6 Å². The highest BCUT2D eigenvalue weighted by atomic mass is 16.5. The van der Waals surface area contributed by atoms with Crippen molar-refractivity contribution in [2.45, 2.75) is 37.3 Å². The molecule has 0 aromatic heterocycles. The number of hydrogen-bond acceptors (Lipinski definition) is 4. The summed E-state index contributed by atoms with van der Waals surface area (Å²) in [7, 11) is 6.11. The van der Waals surface area contributed by atoms with Crippen LogP contribution in [-0.4, -0.2) is 76.6 Å². The Kier molecular flexibility index (Phi) is 6.26. The summed E-state index contributed by atoms with van der Waals surface area (Å²) in [6.07, 6.45) is 4.74. The molecule has 2 rings (SSSR count). The van der Waals surface area contributed by atoms with Gasteiger partial charge in [0, 0.05) is 45.5 Å². The molecule has 0 amide bonds. The number of guanidine groups is 1. The first-order chi connectivity index (χ1) is 10.2. The summed E-state index contributed by atoms with van der Waals surface area (Å²) in [5, 5.41) is 6.84. The molecule has 1 atom stereocenters. The number of hydrogen-bond donors (Lipinski definition) is 2. The second-order valence-corrected chi connectivity index (χ2v) is 6.17. The van der Waals surface area contributed by atoms with E-state index in [9.17, 15) is 0 Å². The van der Waals surface area contributed by atoms with Gasteiger partial charge in [-0.15, -0.1) is 0 Å². The van der Waals surface area contributed by atoms with Gasteiger partial charge in [0.15, 0.2) is 5.96 Å². The van der Waals surface area contributed by atoms with Crippen molar-refractivity contribution in [3.05, 3.63) is 0 Å². The van der Waals surface area contributed by atoms with E-state index in [1.165, 1.54) is 6.42 Å². The van der Waals surface area contributed by atoms with Crippen molar-refractivity contribution in [3.63, 3.8) is 0 Å². The molecule has 2 fully saturated rings. The summed E-state index contributed by atoms with van der Waals surface area (Å²) in [5.41, 5.74) is 0.153. The summed E-state index contributed by atoms with van der Waals surface area (Å²) < 4.78 is 11.1. The molecule has 2 heterocycles. The number of nitrogens with zero attached hydrogens (tertiary/aromatic N) is 2. The second kappa shape index (κ2) is 7.96. The minimum absolute atomic E-state index is 0.153. The third-order valence-corrected chi connectivity index (χ3v) is 4.70. The predicted octanol–water partition coefficient (Wildman–Crippen LogP) is 0.441. The van der Waals surface area contributed by atoms with Gasteiger partial charge in [-0.3, -0.25) is 4.99 Å². The monoisotopic (exact) mass is 298 g/mol. The first-order valence-electron chi connectivity index (χ1n) is 7.97. The molecule has 0 aromatic rings. The van der Waals surface area contributed by atoms with Gasteiger partial charge in [0.25, 0.3) is 0 Å². The first-order valence-corrected chi connectivity index (χ1v) is 7.97. The van der Waals surface area contributed by atoms with Gasteiger partial charge in [0.2, 0.25) is 0 Å². The molecular formula is C15H30N4O2. The Morgan fingerprint density at radius 2 is 2.00 bits per heavy atom. The average Bonchev–Trinajstić information content (AvgIpc) is 3.01. The van der Waals surface area contributed by atoms with Crippen LogP contribution in [0.25, 0.3) is 0 Å². The van der Waals surface area contributed by atoms with Gasteiger partial charge >= 0.3 is 0 Å². The number of nitrogens with one attached hydrogen (secondary N) is 2. The Bertz CT molecular complexity index is 335. The van der Waals surface area contributed by atoms with E-state index in [-0.39, 0.29) is 5.54 Å². The molecule has 2 N–H and O–H groups in total. The van der Waals surface area contributed by atoms with Crippen molar-refractivity contribution in [2.24, 2.45) is 4.99 Å². The Morgan fingerprint density at radius 1 is 1.24 bits per heavy atom. The van der Waals surface area contributed by atoms with E-state index in [1.807, 2.05) is 7.05 Å². The summed E-state index contributed by atoms with van der Waals surface area (Å²) in [6, 6.07) is 0. The second-order valence-electron chi connectivity index (χ2n) is 6.17. The van der Waals surface area contributed by atoms with Gasteiger partial charge in [-0.1, -0.05) is 0 Å². The molecule has 21 heavy (non-hydrogen) atoms. The summed E-state index contributed by atoms with van der Waals surface area (Å²) >= 11 is 0. The maximum Gasteiger partial charge on any atom is 0.191 e. The van der Waals surface area contributed by atoms with E-state index in [0.29, 0.717) is 6.10 Å². The normalized spacial score (nSPS) is 26.1. The highest BCUT2D eigenvalue weighted by Crippen LogP contribution is 2.24. The number of rotatable bonds is 5. The summed E-state index contributed by atoms with van der Waals surface area (Å²) in [6.45, 7) is 4.28. The Balaban J connectivity index is 1.80. The van der Waals surface area contributed by atoms with Crippen LogP contribution in [0.5, 0.6) is 0 Å². The third kappa shape index (κ3) is 4.56. The molecule has 1 unspecified atom stereocenters. The van der Waals surface area contributed by atoms with Gasteiger partial charge in [0.05, 0.1) is 6.10 Å². The smallest absolute Gasteiger partial charge is 0.191 e. The molecule has 0 bridgehead atoms. The van der Waals surface area contributed by atoms with Crippen molar-refractivity contribution >= 4 is 5.96 Å². The molecule has 2 aliphatic rings. The van der Waals surface area contributed by atoms with Crippen LogP contribution in [0.2, 0.25) is 0 Å². The van der Waals surface area contributed by atoms with Gasteiger partial charge in [-0.05, 0) is 39.8 Å². The zero-order valence-electron chi connectivity index (χ0n) is 13.7. The average molecular weight is 298 g/mol. The van der Waals surface area contributed by atoms with E-state index in [1.54, 1.807) is 0 Å². The highest BCUT2D eigenvalue weighted by Gasteiger charge is 2.34. The van der Waals surface area contributed by atoms with Crippen molar-refractivity contribution in [2.75, 3.05) is 54.1 Å². The predicted molar refractivity (Wildman–Crippen MR) is 84.8 cm³/mol. The summed E-state index contributed by atoms with van der Waals surface area (Å²) in [4.78, 5) is 6.63. The molecule has 0 aromatic carbocycles. The van der Waals surface area contributed by atoms with Gasteiger partial charge in [0.1, 0.15) is 0 Å². The molecule has 2 saturated heterocycles. The van der Waals surface area contributed by atoms with E-state index in [0.717, 1.165) is 58.1 Å². The molecule has 0 radical (unpaired) electrons. The lowest BCUT2D eigenvalue weighted by atomic mass is 9.88. The quantitative estimate of drug-likeness (QED) is 0.570. The van der Waals surface area contributed by atoms with Crippen molar-refractivity contribution in [1.82, 2.24) is 15.5 Å². The van der Waals surface area contributed by atoms with Crippen LogP contribution >= 0.6 is 0 Å². The van der Waals surface area contributed by atoms with Crippen LogP contribution in [0.4, 0.5) is 0 Å². The lowest BCUT2D eigenvalue weighted by Crippen LogP contribution is -2.57. The fraction of sp³-hybridized carbons (Fsp3) is 0.933. The standard InChI is InChI=1S/C15H30N4O2/c1-16-14(17-11-13-5-4-8-21-13)18-12-15(19(2)3)6-9-20-10-7-15/h13H,4-12H2,1-3H3,(H2,16,17,18). The lowest BCUT2D eigenvalue weighted by molar-refractivity contribution is -0.00503. The molecule has 0 spiro atoms. The van der Waals surface area contributed by atoms with Crippen LogP contribution in [0.3, 0.4) is 0 Å². The van der Waals surface area contributed by atoms with E-state index < -0.39 is 0 Å². The minimum atomic E-state index is 0.153. The largest absolute Gasteiger partial charge is 0.381 e. The maximum atomic E-state index is 5.63. The molecular weight excluding hydrogens is 268 g/mol. The van der Waals surface area contributed by atoms with Crippen molar-refractivity contribution in [3.8, 4) is 0 Å². The Morgan fingerprint density at radius 3 is 2.57 bits per heavy atom. The van der Waals surface area contributed by atoms with Crippen LogP contribution in [0, 0.1) is 0 Å². The molecule has 0 saturated carbocycles. The topological polar surface area (TPSA) is 58.1 Å². The van der Waals surface area contributed by atoms with E-state index >= 15 is 0 Å². The SMILES string of the molecule is CN=C(NCC1CCCO1)NCC1(N(C)C)CCOCC1. The molecule has 2 aliphatic heterocycles.